The first kappa shape index (κ1) is 10.6. The third kappa shape index (κ3) is 2.54. The number of halogens is 1. The summed E-state index contributed by atoms with van der Waals surface area (Å²) >= 11 is 4.86. The first-order chi connectivity index (χ1) is 6.58. The Morgan fingerprint density at radius 3 is 2.71 bits per heavy atom. The molecule has 2 heterocycles. The van der Waals surface area contributed by atoms with Crippen molar-refractivity contribution in [1.29, 1.82) is 0 Å². The van der Waals surface area contributed by atoms with Gasteiger partial charge in [-0.15, -0.1) is 11.3 Å². The Hall–Kier alpha value is 0.0500. The minimum absolute atomic E-state index is 0.370. The van der Waals surface area contributed by atoms with Crippen molar-refractivity contribution in [2.75, 3.05) is 13.1 Å². The Morgan fingerprint density at radius 1 is 1.50 bits per heavy atom. The highest BCUT2D eigenvalue weighted by Crippen LogP contribution is 2.22. The predicted octanol–water partition coefficient (Wildman–Crippen LogP) is 1.16. The van der Waals surface area contributed by atoms with Crippen LogP contribution in [0.4, 0.5) is 0 Å². The smallest absolute Gasteiger partial charge is 0.197 e. The van der Waals surface area contributed by atoms with Crippen LogP contribution in [0.15, 0.2) is 15.9 Å². The van der Waals surface area contributed by atoms with Crippen LogP contribution >= 0.6 is 27.3 Å². The van der Waals surface area contributed by atoms with Gasteiger partial charge in [0.1, 0.15) is 0 Å². The molecule has 0 unspecified atom stereocenters. The van der Waals surface area contributed by atoms with Crippen molar-refractivity contribution >= 4 is 37.5 Å². The fourth-order valence-corrected chi connectivity index (χ4v) is 3.58. The first-order valence-corrected chi connectivity index (χ1v) is 7.12. The van der Waals surface area contributed by atoms with Crippen molar-refractivity contribution in [1.82, 2.24) is 9.03 Å². The number of nitrogens with zero attached hydrogens (tertiary/aromatic N) is 1. The van der Waals surface area contributed by atoms with Crippen LogP contribution < -0.4 is 4.72 Å². The van der Waals surface area contributed by atoms with Crippen molar-refractivity contribution in [2.24, 2.45) is 0 Å². The number of hydrogen-bond acceptors (Lipinski definition) is 3. The molecular weight excluding hydrogens is 288 g/mol. The fraction of sp³-hybridized carbons (Fsp3) is 0.429. The van der Waals surface area contributed by atoms with Crippen molar-refractivity contribution in [3.8, 4) is 0 Å². The summed E-state index contributed by atoms with van der Waals surface area (Å²) in [4.78, 5) is 1.00. The molecule has 2 rings (SSSR count). The molecule has 1 N–H and O–H groups in total. The highest BCUT2D eigenvalue weighted by atomic mass is 79.9. The van der Waals surface area contributed by atoms with E-state index < -0.39 is 10.2 Å². The molecule has 78 valence electrons. The van der Waals surface area contributed by atoms with Crippen molar-refractivity contribution in [3.05, 3.63) is 20.8 Å². The lowest BCUT2D eigenvalue weighted by molar-refractivity contribution is 0.547. The number of hydrogen-bond donors (Lipinski definition) is 1. The predicted molar refractivity (Wildman–Crippen MR) is 59.4 cm³/mol. The number of rotatable bonds is 4. The van der Waals surface area contributed by atoms with Crippen LogP contribution in [0.5, 0.6) is 0 Å². The Balaban J connectivity index is 1.94. The summed E-state index contributed by atoms with van der Waals surface area (Å²) in [5.74, 6) is 0. The van der Waals surface area contributed by atoms with Crippen LogP contribution in [0.25, 0.3) is 0 Å². The Kier molecular flexibility index (Phi) is 2.94. The van der Waals surface area contributed by atoms with Crippen LogP contribution in [0.3, 0.4) is 0 Å². The average Bonchev–Trinajstić information content (AvgIpc) is 2.89. The zero-order chi connectivity index (χ0) is 10.2. The molecule has 4 nitrogen and oxygen atoms in total. The maximum absolute atomic E-state index is 11.4. The van der Waals surface area contributed by atoms with Gasteiger partial charge in [0.05, 0.1) is 3.79 Å². The molecule has 1 fully saturated rings. The normalized spacial score (nSPS) is 17.2. The quantitative estimate of drug-likeness (QED) is 0.848. The van der Waals surface area contributed by atoms with Gasteiger partial charge < -0.3 is 0 Å². The van der Waals surface area contributed by atoms with Gasteiger partial charge in [-0.1, -0.05) is 0 Å². The molecule has 1 aliphatic rings. The lowest BCUT2D eigenvalue weighted by Crippen LogP contribution is -2.28. The third-order valence-electron chi connectivity index (χ3n) is 1.80. The van der Waals surface area contributed by atoms with Crippen LogP contribution in [0.2, 0.25) is 0 Å². The van der Waals surface area contributed by atoms with E-state index >= 15 is 0 Å². The zero-order valence-electron chi connectivity index (χ0n) is 7.23. The van der Waals surface area contributed by atoms with Gasteiger partial charge >= 0.3 is 0 Å². The maximum Gasteiger partial charge on any atom is 0.279 e. The highest BCUT2D eigenvalue weighted by Gasteiger charge is 2.31. The maximum atomic E-state index is 11.4. The van der Waals surface area contributed by atoms with Crippen LogP contribution in [-0.2, 0) is 16.8 Å². The van der Waals surface area contributed by atoms with Crippen molar-refractivity contribution in [2.45, 2.75) is 6.54 Å². The third-order valence-corrected chi connectivity index (χ3v) is 4.98. The molecule has 0 atom stereocenters. The van der Waals surface area contributed by atoms with Gasteiger partial charge in [-0.05, 0) is 28.1 Å². The van der Waals surface area contributed by atoms with Crippen LogP contribution in [0, 0.1) is 0 Å². The second kappa shape index (κ2) is 3.90. The van der Waals surface area contributed by atoms with E-state index in [1.165, 1.54) is 15.6 Å². The Bertz CT molecular complexity index is 425. The van der Waals surface area contributed by atoms with Crippen LogP contribution in [-0.4, -0.2) is 25.8 Å². The van der Waals surface area contributed by atoms with Gasteiger partial charge in [0.15, 0.2) is 0 Å². The van der Waals surface area contributed by atoms with Gasteiger partial charge in [-0.2, -0.15) is 17.4 Å². The van der Waals surface area contributed by atoms with E-state index in [1.807, 2.05) is 12.1 Å². The number of nitrogens with one attached hydrogen (secondary N) is 1. The van der Waals surface area contributed by atoms with Gasteiger partial charge in [0.25, 0.3) is 10.2 Å². The molecular formula is C7H9BrN2O2S2. The van der Waals surface area contributed by atoms with Crippen molar-refractivity contribution in [3.63, 3.8) is 0 Å². The molecule has 0 radical (unpaired) electrons. The Morgan fingerprint density at radius 2 is 2.21 bits per heavy atom. The summed E-state index contributed by atoms with van der Waals surface area (Å²) < 4.78 is 27.7. The highest BCUT2D eigenvalue weighted by molar-refractivity contribution is 9.11. The second-order valence-corrected chi connectivity index (χ2v) is 7.23. The molecule has 7 heteroatoms. The van der Waals surface area contributed by atoms with Gasteiger partial charge in [0.2, 0.25) is 0 Å². The van der Waals surface area contributed by atoms with E-state index in [2.05, 4.69) is 20.7 Å². The molecule has 1 aliphatic heterocycles. The van der Waals surface area contributed by atoms with E-state index in [0.29, 0.717) is 19.6 Å². The van der Waals surface area contributed by atoms with Gasteiger partial charge in [0, 0.05) is 24.5 Å². The van der Waals surface area contributed by atoms with E-state index in [9.17, 15) is 8.42 Å². The largest absolute Gasteiger partial charge is 0.279 e. The first-order valence-electron chi connectivity index (χ1n) is 4.07. The number of thiophene rings is 1. The molecule has 1 saturated heterocycles. The summed E-state index contributed by atoms with van der Waals surface area (Å²) in [7, 11) is -3.20. The van der Waals surface area contributed by atoms with E-state index in [0.717, 1.165) is 8.66 Å². The van der Waals surface area contributed by atoms with Crippen molar-refractivity contribution < 1.29 is 8.42 Å². The summed E-state index contributed by atoms with van der Waals surface area (Å²) in [6.45, 7) is 1.65. The minimum Gasteiger partial charge on any atom is -0.197 e. The second-order valence-electron chi connectivity index (χ2n) is 2.93. The lowest BCUT2D eigenvalue weighted by atomic mass is 10.5. The summed E-state index contributed by atoms with van der Waals surface area (Å²) in [6.07, 6.45) is 0. The molecule has 1 aromatic rings. The summed E-state index contributed by atoms with van der Waals surface area (Å²) in [5, 5.41) is 0. The molecule has 0 bridgehead atoms. The van der Waals surface area contributed by atoms with E-state index in [4.69, 9.17) is 0 Å². The van der Waals surface area contributed by atoms with E-state index in [1.54, 1.807) is 0 Å². The monoisotopic (exact) mass is 296 g/mol. The standard InChI is InChI=1S/C7H9BrN2O2S2/c8-7-2-1-6(13-7)5-9-14(11,12)10-3-4-10/h1-2,9H,3-5H2. The van der Waals surface area contributed by atoms with Crippen LogP contribution in [0.1, 0.15) is 4.88 Å². The summed E-state index contributed by atoms with van der Waals surface area (Å²) in [5.41, 5.74) is 0. The molecule has 14 heavy (non-hydrogen) atoms. The molecule has 0 aromatic carbocycles. The molecule has 0 spiro atoms. The summed E-state index contributed by atoms with van der Waals surface area (Å²) in [6, 6.07) is 3.81. The topological polar surface area (TPSA) is 49.2 Å². The molecule has 0 aliphatic carbocycles. The fourth-order valence-electron chi connectivity index (χ4n) is 0.982. The molecule has 0 saturated carbocycles. The molecule has 0 amide bonds. The minimum atomic E-state index is -3.20. The van der Waals surface area contributed by atoms with Gasteiger partial charge in [-0.25, -0.2) is 0 Å². The lowest BCUT2D eigenvalue weighted by Gasteiger charge is -2.04. The van der Waals surface area contributed by atoms with Gasteiger partial charge in [-0.3, -0.25) is 0 Å². The average molecular weight is 297 g/mol. The Labute approximate surface area is 95.2 Å². The SMILES string of the molecule is O=S(=O)(NCc1ccc(Br)s1)N1CC1. The molecule has 1 aromatic heterocycles. The zero-order valence-corrected chi connectivity index (χ0v) is 10.5. The van der Waals surface area contributed by atoms with E-state index in [-0.39, 0.29) is 0 Å².